The van der Waals surface area contributed by atoms with E-state index in [1.807, 2.05) is 66.7 Å². The second-order valence-electron chi connectivity index (χ2n) is 10.1. The minimum absolute atomic E-state index is 0.616. The average molecular weight is 526 g/mol. The van der Waals surface area contributed by atoms with Crippen LogP contribution in [0.15, 0.2) is 144 Å². The highest BCUT2D eigenvalue weighted by atomic mass is 16.3. The minimum Gasteiger partial charge on any atom is -0.456 e. The molecule has 0 amide bonds. The highest BCUT2D eigenvalue weighted by Gasteiger charge is 2.17. The molecule has 0 saturated carbocycles. The van der Waals surface area contributed by atoms with Crippen molar-refractivity contribution >= 4 is 32.7 Å². The molecule has 4 nitrogen and oxygen atoms in total. The fraction of sp³-hybridized carbons (Fsp3) is 0. The van der Waals surface area contributed by atoms with Gasteiger partial charge in [-0.1, -0.05) is 115 Å². The lowest BCUT2D eigenvalue weighted by Crippen LogP contribution is -2.00. The van der Waals surface area contributed by atoms with E-state index in [4.69, 9.17) is 19.4 Å². The average Bonchev–Trinajstić information content (AvgIpc) is 3.44. The maximum absolute atomic E-state index is 6.16. The molecule has 2 heterocycles. The van der Waals surface area contributed by atoms with E-state index in [0.717, 1.165) is 44.0 Å². The van der Waals surface area contributed by atoms with Gasteiger partial charge >= 0.3 is 0 Å². The van der Waals surface area contributed by atoms with E-state index in [1.165, 1.54) is 16.5 Å². The Morgan fingerprint density at radius 2 is 0.976 bits per heavy atom. The third-order valence-corrected chi connectivity index (χ3v) is 7.52. The first kappa shape index (κ1) is 23.3. The molecule has 0 spiro atoms. The van der Waals surface area contributed by atoms with Crippen LogP contribution in [0.4, 0.5) is 0 Å². The quantitative estimate of drug-likeness (QED) is 0.230. The molecule has 0 saturated heterocycles. The van der Waals surface area contributed by atoms with Gasteiger partial charge in [0, 0.05) is 27.5 Å². The maximum atomic E-state index is 6.16. The van der Waals surface area contributed by atoms with E-state index >= 15 is 0 Å². The first-order valence-corrected chi connectivity index (χ1v) is 13.6. The summed E-state index contributed by atoms with van der Waals surface area (Å²) in [7, 11) is 0. The normalized spacial score (nSPS) is 11.4. The second-order valence-corrected chi connectivity index (χ2v) is 10.1. The van der Waals surface area contributed by atoms with Crippen LogP contribution < -0.4 is 0 Å². The van der Waals surface area contributed by atoms with E-state index in [-0.39, 0.29) is 0 Å². The zero-order chi connectivity index (χ0) is 27.2. The van der Waals surface area contributed by atoms with Gasteiger partial charge in [-0.15, -0.1) is 0 Å². The number of nitrogens with zero attached hydrogens (tertiary/aromatic N) is 3. The van der Waals surface area contributed by atoms with Crippen molar-refractivity contribution in [2.24, 2.45) is 0 Å². The van der Waals surface area contributed by atoms with Gasteiger partial charge in [-0.25, -0.2) is 15.0 Å². The largest absolute Gasteiger partial charge is 0.456 e. The summed E-state index contributed by atoms with van der Waals surface area (Å²) < 4.78 is 6.16. The fourth-order valence-corrected chi connectivity index (χ4v) is 5.50. The number of furan rings is 1. The Bertz CT molecular complexity index is 2200. The van der Waals surface area contributed by atoms with Gasteiger partial charge in [-0.2, -0.15) is 0 Å². The van der Waals surface area contributed by atoms with Crippen LogP contribution in [0.25, 0.3) is 78.0 Å². The lowest BCUT2D eigenvalue weighted by atomic mass is 10.00. The number of fused-ring (bicyclic) bond motifs is 4. The van der Waals surface area contributed by atoms with Crippen LogP contribution in [0.1, 0.15) is 0 Å². The van der Waals surface area contributed by atoms with Crippen LogP contribution in [-0.2, 0) is 0 Å². The Morgan fingerprint density at radius 1 is 0.390 bits per heavy atom. The summed E-state index contributed by atoms with van der Waals surface area (Å²) in [5.41, 5.74) is 6.85. The van der Waals surface area contributed by atoms with Gasteiger partial charge in [0.05, 0.1) is 0 Å². The Hall–Kier alpha value is -5.61. The fourth-order valence-electron chi connectivity index (χ4n) is 5.50. The van der Waals surface area contributed by atoms with Crippen molar-refractivity contribution in [3.8, 4) is 45.3 Å². The number of benzene rings is 6. The molecule has 8 rings (SSSR count). The molecule has 0 atom stereocenters. The van der Waals surface area contributed by atoms with E-state index in [0.29, 0.717) is 17.5 Å². The monoisotopic (exact) mass is 525 g/mol. The molecule has 0 aliphatic carbocycles. The first-order chi connectivity index (χ1) is 20.3. The molecule has 8 aromatic rings. The van der Waals surface area contributed by atoms with Gasteiger partial charge in [0.25, 0.3) is 0 Å². The number of para-hydroxylation sites is 1. The molecule has 41 heavy (non-hydrogen) atoms. The molecular weight excluding hydrogens is 502 g/mol. The topological polar surface area (TPSA) is 51.8 Å². The van der Waals surface area contributed by atoms with Crippen molar-refractivity contribution in [1.29, 1.82) is 0 Å². The molecule has 6 aromatic carbocycles. The molecule has 0 aliphatic heterocycles. The molecule has 0 unspecified atom stereocenters. The Morgan fingerprint density at radius 3 is 1.76 bits per heavy atom. The number of hydrogen-bond donors (Lipinski definition) is 0. The van der Waals surface area contributed by atoms with Crippen LogP contribution >= 0.6 is 0 Å². The highest BCUT2D eigenvalue weighted by Crippen LogP contribution is 2.36. The Balaban J connectivity index is 1.31. The molecule has 4 heteroatoms. The van der Waals surface area contributed by atoms with Gasteiger partial charge in [-0.3, -0.25) is 0 Å². The standard InChI is InChI=1S/C37H23N3O/c1-3-10-24(11-4-1)26-18-19-28-23-29(21-20-27(28)22-26)36-38-35(25-12-5-2-6-13-25)39-37(40-36)31-15-9-17-33-34(31)30-14-7-8-16-32(30)41-33/h1-23H. The summed E-state index contributed by atoms with van der Waals surface area (Å²) in [6, 6.07) is 47.6. The third kappa shape index (κ3) is 4.14. The molecule has 0 aliphatic rings. The molecule has 0 N–H and O–H groups in total. The SMILES string of the molecule is c1ccc(-c2ccc3cc(-c4nc(-c5ccccc5)nc(-c5cccc6oc7ccccc7c56)n4)ccc3c2)cc1. The zero-order valence-corrected chi connectivity index (χ0v) is 22.0. The van der Waals surface area contributed by atoms with Crippen molar-refractivity contribution in [1.82, 2.24) is 15.0 Å². The second kappa shape index (κ2) is 9.54. The van der Waals surface area contributed by atoms with Gasteiger partial charge in [0.2, 0.25) is 0 Å². The maximum Gasteiger partial charge on any atom is 0.164 e. The van der Waals surface area contributed by atoms with Crippen molar-refractivity contribution in [3.63, 3.8) is 0 Å². The van der Waals surface area contributed by atoms with Crippen LogP contribution in [0.2, 0.25) is 0 Å². The Kier molecular flexibility index (Phi) is 5.42. The van der Waals surface area contributed by atoms with Gasteiger partial charge < -0.3 is 4.42 Å². The van der Waals surface area contributed by atoms with E-state index < -0.39 is 0 Å². The molecule has 0 bridgehead atoms. The lowest BCUT2D eigenvalue weighted by Gasteiger charge is -2.10. The van der Waals surface area contributed by atoms with Gasteiger partial charge in [-0.05, 0) is 46.2 Å². The predicted octanol–water partition coefficient (Wildman–Crippen LogP) is 9.59. The summed E-state index contributed by atoms with van der Waals surface area (Å²) in [6.07, 6.45) is 0. The number of rotatable bonds is 4. The smallest absolute Gasteiger partial charge is 0.164 e. The molecule has 192 valence electrons. The van der Waals surface area contributed by atoms with Crippen molar-refractivity contribution in [3.05, 3.63) is 140 Å². The van der Waals surface area contributed by atoms with E-state index in [1.54, 1.807) is 0 Å². The number of aromatic nitrogens is 3. The summed E-state index contributed by atoms with van der Waals surface area (Å²) in [5, 5.41) is 4.35. The molecule has 0 radical (unpaired) electrons. The Labute approximate surface area is 236 Å². The first-order valence-electron chi connectivity index (χ1n) is 13.6. The predicted molar refractivity (Wildman–Crippen MR) is 166 cm³/mol. The summed E-state index contributed by atoms with van der Waals surface area (Å²) in [6.45, 7) is 0. The van der Waals surface area contributed by atoms with Crippen molar-refractivity contribution in [2.75, 3.05) is 0 Å². The van der Waals surface area contributed by atoms with E-state index in [2.05, 4.69) is 72.8 Å². The van der Waals surface area contributed by atoms with Gasteiger partial charge in [0.15, 0.2) is 17.5 Å². The highest BCUT2D eigenvalue weighted by molar-refractivity contribution is 6.11. The third-order valence-electron chi connectivity index (χ3n) is 7.52. The van der Waals surface area contributed by atoms with Crippen molar-refractivity contribution in [2.45, 2.75) is 0 Å². The minimum atomic E-state index is 0.616. The van der Waals surface area contributed by atoms with Crippen LogP contribution in [0, 0.1) is 0 Å². The van der Waals surface area contributed by atoms with Crippen LogP contribution in [-0.4, -0.2) is 15.0 Å². The van der Waals surface area contributed by atoms with Crippen molar-refractivity contribution < 1.29 is 4.42 Å². The van der Waals surface area contributed by atoms with Crippen LogP contribution in [0.5, 0.6) is 0 Å². The van der Waals surface area contributed by atoms with Gasteiger partial charge in [0.1, 0.15) is 11.2 Å². The molecule has 0 fully saturated rings. The zero-order valence-electron chi connectivity index (χ0n) is 22.0. The van der Waals surface area contributed by atoms with E-state index in [9.17, 15) is 0 Å². The number of hydrogen-bond acceptors (Lipinski definition) is 4. The lowest BCUT2D eigenvalue weighted by molar-refractivity contribution is 0.669. The summed E-state index contributed by atoms with van der Waals surface area (Å²) in [5.74, 6) is 1.88. The van der Waals surface area contributed by atoms with Crippen LogP contribution in [0.3, 0.4) is 0 Å². The molecule has 2 aromatic heterocycles. The molecular formula is C37H23N3O. The summed E-state index contributed by atoms with van der Waals surface area (Å²) >= 11 is 0. The summed E-state index contributed by atoms with van der Waals surface area (Å²) in [4.78, 5) is 15.0.